The average Bonchev–Trinajstić information content (AvgIpc) is 3.18. The van der Waals surface area contributed by atoms with Gasteiger partial charge in [-0.05, 0) is 44.1 Å². The van der Waals surface area contributed by atoms with Crippen LogP contribution < -0.4 is 0 Å². The number of rotatable bonds is 3. The van der Waals surface area contributed by atoms with Gasteiger partial charge in [0.05, 0.1) is 19.3 Å². The summed E-state index contributed by atoms with van der Waals surface area (Å²) in [6.45, 7) is 7.88. The van der Waals surface area contributed by atoms with E-state index in [1.165, 1.54) is 19.3 Å². The molecule has 0 aliphatic carbocycles. The lowest BCUT2D eigenvalue weighted by Gasteiger charge is -2.37. The molecule has 11 heteroatoms. The third-order valence-corrected chi connectivity index (χ3v) is 6.33. The maximum atomic E-state index is 12.7. The Hall–Kier alpha value is -1.43. The zero-order chi connectivity index (χ0) is 22.4. The molecule has 8 nitrogen and oxygen atoms in total. The fourth-order valence-corrected chi connectivity index (χ4v) is 4.60. The minimum atomic E-state index is -5.08. The number of carboxylic acid groups (broad SMARTS) is 1. The number of carbonyl (C=O) groups is 2. The van der Waals surface area contributed by atoms with E-state index in [9.17, 15) is 18.0 Å². The van der Waals surface area contributed by atoms with Crippen LogP contribution in [0.3, 0.4) is 0 Å². The molecule has 0 unspecified atom stereocenters. The first kappa shape index (κ1) is 24.2. The van der Waals surface area contributed by atoms with Crippen LogP contribution in [0, 0.1) is 11.8 Å². The lowest BCUT2D eigenvalue weighted by Crippen LogP contribution is -2.46. The van der Waals surface area contributed by atoms with Crippen molar-refractivity contribution in [3.63, 3.8) is 0 Å². The Bertz CT molecular complexity index is 608. The van der Waals surface area contributed by atoms with E-state index >= 15 is 0 Å². The number of piperidine rings is 1. The van der Waals surface area contributed by atoms with Crippen LogP contribution in [0.4, 0.5) is 13.2 Å². The number of aliphatic carboxylic acids is 1. The molecule has 0 aromatic rings. The predicted octanol–water partition coefficient (Wildman–Crippen LogP) is 1.38. The Kier molecular flexibility index (Phi) is 8.54. The molecule has 1 amide bonds. The van der Waals surface area contributed by atoms with E-state index in [-0.39, 0.29) is 18.1 Å². The van der Waals surface area contributed by atoms with Crippen molar-refractivity contribution >= 4 is 11.9 Å². The zero-order valence-corrected chi connectivity index (χ0v) is 17.5. The number of amides is 1. The van der Waals surface area contributed by atoms with Gasteiger partial charge in [0.25, 0.3) is 5.91 Å². The molecule has 0 aromatic carbocycles. The molecule has 4 fully saturated rings. The van der Waals surface area contributed by atoms with Crippen LogP contribution in [0.5, 0.6) is 0 Å². The van der Waals surface area contributed by atoms with Gasteiger partial charge in [-0.1, -0.05) is 0 Å². The van der Waals surface area contributed by atoms with E-state index in [1.54, 1.807) is 0 Å². The average molecular weight is 452 g/mol. The number of halogens is 3. The standard InChI is InChI=1S/C18H30N2O4.C2HF3O2/c21-18(20-5-9-23-10-6-20)16-11-15-1-4-19(13-17(15)24-16)12-14-2-7-22-8-3-14;3-2(4,5)1(6)7/h14-17H,1-13H2;(H,6,7)/t15-,16+,17-;/m0./s1. The maximum Gasteiger partial charge on any atom is 0.490 e. The SMILES string of the molecule is O=C(O)C(F)(F)F.O=C([C@H]1C[C@@H]2CCN(CC3CCOCC3)C[C@@H]2O1)N1CCOCC1. The Balaban J connectivity index is 0.000000339. The van der Waals surface area contributed by atoms with Gasteiger partial charge < -0.3 is 29.1 Å². The molecule has 1 N–H and O–H groups in total. The summed E-state index contributed by atoms with van der Waals surface area (Å²) >= 11 is 0. The molecule has 4 rings (SSSR count). The Morgan fingerprint density at radius 2 is 1.58 bits per heavy atom. The minimum Gasteiger partial charge on any atom is -0.475 e. The van der Waals surface area contributed by atoms with Crippen molar-refractivity contribution in [3.05, 3.63) is 0 Å². The lowest BCUT2D eigenvalue weighted by molar-refractivity contribution is -0.192. The van der Waals surface area contributed by atoms with Gasteiger partial charge in [-0.2, -0.15) is 13.2 Å². The highest BCUT2D eigenvalue weighted by Crippen LogP contribution is 2.34. The first-order valence-corrected chi connectivity index (χ1v) is 10.9. The first-order chi connectivity index (χ1) is 14.7. The fraction of sp³-hybridized carbons (Fsp3) is 0.900. The first-order valence-electron chi connectivity index (χ1n) is 10.9. The van der Waals surface area contributed by atoms with Crippen molar-refractivity contribution in [2.45, 2.75) is 44.1 Å². The van der Waals surface area contributed by atoms with E-state index in [0.717, 1.165) is 45.2 Å². The van der Waals surface area contributed by atoms with Gasteiger partial charge in [0.15, 0.2) is 0 Å². The monoisotopic (exact) mass is 452 g/mol. The summed E-state index contributed by atoms with van der Waals surface area (Å²) in [5, 5.41) is 7.12. The number of carbonyl (C=O) groups excluding carboxylic acids is 1. The third kappa shape index (κ3) is 7.03. The second-order valence-corrected chi connectivity index (χ2v) is 8.50. The van der Waals surface area contributed by atoms with E-state index in [0.29, 0.717) is 32.2 Å². The number of ether oxygens (including phenoxy) is 3. The molecule has 0 bridgehead atoms. The second kappa shape index (κ2) is 10.9. The molecule has 4 heterocycles. The van der Waals surface area contributed by atoms with Crippen LogP contribution in [-0.4, -0.2) is 104 Å². The number of hydrogen-bond donors (Lipinski definition) is 1. The minimum absolute atomic E-state index is 0.184. The second-order valence-electron chi connectivity index (χ2n) is 8.50. The summed E-state index contributed by atoms with van der Waals surface area (Å²) in [6, 6.07) is 0. The normalized spacial score (nSPS) is 30.3. The fourth-order valence-electron chi connectivity index (χ4n) is 4.60. The van der Waals surface area contributed by atoms with E-state index < -0.39 is 12.1 Å². The smallest absolute Gasteiger partial charge is 0.475 e. The largest absolute Gasteiger partial charge is 0.490 e. The topological polar surface area (TPSA) is 88.5 Å². The van der Waals surface area contributed by atoms with E-state index in [2.05, 4.69) is 4.90 Å². The van der Waals surface area contributed by atoms with Gasteiger partial charge >= 0.3 is 12.1 Å². The molecule has 31 heavy (non-hydrogen) atoms. The van der Waals surface area contributed by atoms with Crippen LogP contribution in [0.25, 0.3) is 0 Å². The molecule has 178 valence electrons. The van der Waals surface area contributed by atoms with Crippen LogP contribution in [-0.2, 0) is 23.8 Å². The molecule has 3 atom stereocenters. The van der Waals surface area contributed by atoms with E-state index in [4.69, 9.17) is 24.1 Å². The van der Waals surface area contributed by atoms with Gasteiger partial charge in [0.2, 0.25) is 0 Å². The van der Waals surface area contributed by atoms with Crippen molar-refractivity contribution in [1.29, 1.82) is 0 Å². The van der Waals surface area contributed by atoms with Crippen molar-refractivity contribution in [3.8, 4) is 0 Å². The zero-order valence-electron chi connectivity index (χ0n) is 17.5. The number of nitrogens with zero attached hydrogens (tertiary/aromatic N) is 2. The molecule has 4 aliphatic rings. The lowest BCUT2D eigenvalue weighted by atomic mass is 9.90. The molecule has 4 saturated heterocycles. The molecule has 4 aliphatic heterocycles. The summed E-state index contributed by atoms with van der Waals surface area (Å²) in [4.78, 5) is 26.0. The predicted molar refractivity (Wildman–Crippen MR) is 102 cm³/mol. The molecular weight excluding hydrogens is 421 g/mol. The Morgan fingerprint density at radius 1 is 0.968 bits per heavy atom. The number of likely N-dealkylation sites (tertiary alicyclic amines) is 1. The molecular formula is C20H31F3N2O6. The number of fused-ring (bicyclic) bond motifs is 1. The summed E-state index contributed by atoms with van der Waals surface area (Å²) in [7, 11) is 0. The summed E-state index contributed by atoms with van der Waals surface area (Å²) in [5.41, 5.74) is 0. The van der Waals surface area contributed by atoms with Gasteiger partial charge in [-0.25, -0.2) is 4.79 Å². The highest BCUT2D eigenvalue weighted by molar-refractivity contribution is 5.81. The summed E-state index contributed by atoms with van der Waals surface area (Å²) in [5.74, 6) is -1.25. The van der Waals surface area contributed by atoms with Crippen LogP contribution in [0.15, 0.2) is 0 Å². The van der Waals surface area contributed by atoms with Crippen molar-refractivity contribution in [2.24, 2.45) is 11.8 Å². The number of hydrogen-bond acceptors (Lipinski definition) is 6. The number of carboxylic acids is 1. The third-order valence-electron chi connectivity index (χ3n) is 6.33. The Morgan fingerprint density at radius 3 is 2.19 bits per heavy atom. The van der Waals surface area contributed by atoms with Crippen LogP contribution >= 0.6 is 0 Å². The maximum absolute atomic E-state index is 12.7. The van der Waals surface area contributed by atoms with Crippen molar-refractivity contribution in [2.75, 3.05) is 59.2 Å². The van der Waals surface area contributed by atoms with Crippen molar-refractivity contribution in [1.82, 2.24) is 9.80 Å². The van der Waals surface area contributed by atoms with E-state index in [1.807, 2.05) is 4.90 Å². The molecule has 0 radical (unpaired) electrons. The highest BCUT2D eigenvalue weighted by atomic mass is 19.4. The summed E-state index contributed by atoms with van der Waals surface area (Å²) in [6.07, 6.45) is -0.616. The van der Waals surface area contributed by atoms with Gasteiger partial charge in [0, 0.05) is 39.4 Å². The molecule has 0 aromatic heterocycles. The summed E-state index contributed by atoms with van der Waals surface area (Å²) < 4.78 is 48.7. The van der Waals surface area contributed by atoms with Gasteiger partial charge in [0.1, 0.15) is 6.10 Å². The Labute approximate surface area is 179 Å². The van der Waals surface area contributed by atoms with Crippen molar-refractivity contribution < 1.29 is 42.1 Å². The van der Waals surface area contributed by atoms with Gasteiger partial charge in [-0.15, -0.1) is 0 Å². The quantitative estimate of drug-likeness (QED) is 0.692. The van der Waals surface area contributed by atoms with Gasteiger partial charge in [-0.3, -0.25) is 4.79 Å². The van der Waals surface area contributed by atoms with Crippen LogP contribution in [0.2, 0.25) is 0 Å². The molecule has 0 spiro atoms. The molecule has 0 saturated carbocycles. The van der Waals surface area contributed by atoms with Crippen LogP contribution in [0.1, 0.15) is 25.7 Å². The number of morpholine rings is 1. The number of alkyl halides is 3. The highest BCUT2D eigenvalue weighted by Gasteiger charge is 2.43.